The van der Waals surface area contributed by atoms with Gasteiger partial charge in [0.15, 0.2) is 0 Å². The monoisotopic (exact) mass is 271 g/mol. The second-order valence-corrected chi connectivity index (χ2v) is 5.52. The van der Waals surface area contributed by atoms with Crippen LogP contribution in [0.15, 0.2) is 0 Å². The molecule has 7 nitrogen and oxygen atoms in total. The fraction of sp³-hybridized carbons (Fsp3) is 0.750. The van der Waals surface area contributed by atoms with E-state index in [-0.39, 0.29) is 0 Å². The molecule has 1 fully saturated rings. The Labute approximate surface area is 112 Å². The number of carbonyl (C=O) groups is 3. The Morgan fingerprint density at radius 1 is 1.37 bits per heavy atom. The number of urea groups is 1. The molecule has 1 aliphatic heterocycles. The van der Waals surface area contributed by atoms with E-state index in [2.05, 4.69) is 5.32 Å². The first-order chi connectivity index (χ1) is 8.70. The van der Waals surface area contributed by atoms with Gasteiger partial charge in [-0.15, -0.1) is 0 Å². The number of hydrogen-bond acceptors (Lipinski definition) is 4. The Hall–Kier alpha value is -1.79. The lowest BCUT2D eigenvalue weighted by molar-refractivity contribution is -0.129. The predicted octanol–water partition coefficient (Wildman–Crippen LogP) is 0.971. The highest BCUT2D eigenvalue weighted by Crippen LogP contribution is 2.13. The van der Waals surface area contributed by atoms with Crippen LogP contribution in [0.2, 0.25) is 0 Å². The van der Waals surface area contributed by atoms with Gasteiger partial charge >= 0.3 is 12.1 Å². The lowest BCUT2D eigenvalue weighted by Gasteiger charge is -2.24. The third kappa shape index (κ3) is 4.76. The van der Waals surface area contributed by atoms with E-state index in [4.69, 9.17) is 10.5 Å². The zero-order valence-electron chi connectivity index (χ0n) is 11.6. The van der Waals surface area contributed by atoms with Crippen molar-refractivity contribution in [1.29, 1.82) is 0 Å². The highest BCUT2D eigenvalue weighted by Gasteiger charge is 2.31. The first kappa shape index (κ1) is 15.3. The van der Waals surface area contributed by atoms with Crippen molar-refractivity contribution in [2.75, 3.05) is 6.54 Å². The van der Waals surface area contributed by atoms with E-state index in [9.17, 15) is 14.4 Å². The summed E-state index contributed by atoms with van der Waals surface area (Å²) in [5, 5.41) is 2.49. The van der Waals surface area contributed by atoms with Crippen molar-refractivity contribution in [1.82, 2.24) is 10.2 Å². The lowest BCUT2D eigenvalue weighted by atomic mass is 10.1. The highest BCUT2D eigenvalue weighted by molar-refractivity contribution is 5.97. The third-order valence-corrected chi connectivity index (χ3v) is 2.65. The van der Waals surface area contributed by atoms with Gasteiger partial charge in [-0.25, -0.2) is 9.59 Å². The molecular formula is C12H21N3O4. The summed E-state index contributed by atoms with van der Waals surface area (Å²) in [7, 11) is 0. The third-order valence-electron chi connectivity index (χ3n) is 2.65. The maximum Gasteiger partial charge on any atom is 0.408 e. The summed E-state index contributed by atoms with van der Waals surface area (Å²) in [5.74, 6) is -0.476. The van der Waals surface area contributed by atoms with Gasteiger partial charge in [-0.2, -0.15) is 0 Å². The molecule has 0 aliphatic carbocycles. The summed E-state index contributed by atoms with van der Waals surface area (Å²) < 4.78 is 5.09. The second kappa shape index (κ2) is 5.90. The van der Waals surface area contributed by atoms with Gasteiger partial charge in [0, 0.05) is 6.54 Å². The number of nitrogens with one attached hydrogen (secondary N) is 1. The van der Waals surface area contributed by atoms with Crippen molar-refractivity contribution in [2.24, 2.45) is 5.73 Å². The number of alkyl carbamates (subject to hydrolysis) is 1. The molecule has 7 heteroatoms. The SMILES string of the molecule is CC(C)(C)OC(=O)N[C@@H]1CCCCN(C(N)=O)C1=O. The Balaban J connectivity index is 2.67. The molecule has 0 bridgehead atoms. The van der Waals surface area contributed by atoms with Crippen molar-refractivity contribution in [2.45, 2.75) is 51.7 Å². The number of nitrogens with two attached hydrogens (primary N) is 1. The Morgan fingerprint density at radius 3 is 2.53 bits per heavy atom. The molecule has 108 valence electrons. The molecule has 1 atom stereocenters. The normalized spacial score (nSPS) is 20.7. The summed E-state index contributed by atoms with van der Waals surface area (Å²) in [5.41, 5.74) is 4.51. The van der Waals surface area contributed by atoms with Crippen LogP contribution in [0.25, 0.3) is 0 Å². The number of imide groups is 1. The van der Waals surface area contributed by atoms with Crippen LogP contribution >= 0.6 is 0 Å². The largest absolute Gasteiger partial charge is 0.444 e. The number of amides is 4. The van der Waals surface area contributed by atoms with Crippen molar-refractivity contribution in [3.05, 3.63) is 0 Å². The molecule has 1 saturated heterocycles. The van der Waals surface area contributed by atoms with E-state index < -0.39 is 29.7 Å². The van der Waals surface area contributed by atoms with Gasteiger partial charge in [-0.3, -0.25) is 9.69 Å². The number of primary amides is 1. The van der Waals surface area contributed by atoms with Gasteiger partial charge < -0.3 is 15.8 Å². The van der Waals surface area contributed by atoms with E-state index in [0.717, 1.165) is 11.3 Å². The van der Waals surface area contributed by atoms with Crippen molar-refractivity contribution in [3.8, 4) is 0 Å². The smallest absolute Gasteiger partial charge is 0.408 e. The van der Waals surface area contributed by atoms with Crippen LogP contribution in [0.5, 0.6) is 0 Å². The summed E-state index contributed by atoms with van der Waals surface area (Å²) in [6.45, 7) is 5.49. The van der Waals surface area contributed by atoms with Crippen LogP contribution in [0.4, 0.5) is 9.59 Å². The fourth-order valence-corrected chi connectivity index (χ4v) is 1.84. The first-order valence-corrected chi connectivity index (χ1v) is 6.31. The van der Waals surface area contributed by atoms with E-state index in [1.807, 2.05) is 0 Å². The molecule has 0 aromatic heterocycles. The molecule has 1 rings (SSSR count). The van der Waals surface area contributed by atoms with Crippen molar-refractivity contribution in [3.63, 3.8) is 0 Å². The average Bonchev–Trinajstić information content (AvgIpc) is 2.39. The quantitative estimate of drug-likeness (QED) is 0.741. The van der Waals surface area contributed by atoms with E-state index in [0.29, 0.717) is 19.4 Å². The minimum absolute atomic E-state index is 0.292. The van der Waals surface area contributed by atoms with Crippen LogP contribution in [0.3, 0.4) is 0 Å². The summed E-state index contributed by atoms with van der Waals surface area (Å²) in [6, 6.07) is -1.55. The predicted molar refractivity (Wildman–Crippen MR) is 68.3 cm³/mol. The number of nitrogens with zero attached hydrogens (tertiary/aromatic N) is 1. The molecule has 1 heterocycles. The molecule has 0 unspecified atom stereocenters. The van der Waals surface area contributed by atoms with E-state index in [1.54, 1.807) is 20.8 Å². The van der Waals surface area contributed by atoms with Gasteiger partial charge in [0.1, 0.15) is 11.6 Å². The number of hydrogen-bond donors (Lipinski definition) is 2. The topological polar surface area (TPSA) is 102 Å². The summed E-state index contributed by atoms with van der Waals surface area (Å²) in [4.78, 5) is 35.8. The van der Waals surface area contributed by atoms with Crippen LogP contribution < -0.4 is 11.1 Å². The van der Waals surface area contributed by atoms with Crippen LogP contribution in [0, 0.1) is 0 Å². The molecule has 0 saturated carbocycles. The molecule has 0 radical (unpaired) electrons. The van der Waals surface area contributed by atoms with Gasteiger partial charge in [-0.05, 0) is 40.0 Å². The van der Waals surface area contributed by atoms with Crippen LogP contribution in [-0.4, -0.2) is 41.1 Å². The summed E-state index contributed by atoms with van der Waals surface area (Å²) >= 11 is 0. The van der Waals surface area contributed by atoms with Gasteiger partial charge in [-0.1, -0.05) is 0 Å². The Bertz CT molecular complexity index is 376. The van der Waals surface area contributed by atoms with Crippen LogP contribution in [0.1, 0.15) is 40.0 Å². The minimum atomic E-state index is -0.789. The molecular weight excluding hydrogens is 250 g/mol. The number of likely N-dealkylation sites (tertiary alicyclic amines) is 1. The summed E-state index contributed by atoms with van der Waals surface area (Å²) in [6.07, 6.45) is 1.22. The van der Waals surface area contributed by atoms with Gasteiger partial charge in [0.25, 0.3) is 5.91 Å². The minimum Gasteiger partial charge on any atom is -0.444 e. The second-order valence-electron chi connectivity index (χ2n) is 5.52. The number of carbonyl (C=O) groups excluding carboxylic acids is 3. The number of ether oxygens (including phenoxy) is 1. The molecule has 1 aliphatic rings. The molecule has 0 aromatic rings. The van der Waals surface area contributed by atoms with Crippen molar-refractivity contribution < 1.29 is 19.1 Å². The zero-order chi connectivity index (χ0) is 14.6. The molecule has 3 N–H and O–H groups in total. The maximum absolute atomic E-state index is 12.0. The lowest BCUT2D eigenvalue weighted by Crippen LogP contribution is -2.51. The highest BCUT2D eigenvalue weighted by atomic mass is 16.6. The van der Waals surface area contributed by atoms with Gasteiger partial charge in [0.05, 0.1) is 0 Å². The van der Waals surface area contributed by atoms with Gasteiger partial charge in [0.2, 0.25) is 0 Å². The molecule has 4 amide bonds. The van der Waals surface area contributed by atoms with Crippen LogP contribution in [-0.2, 0) is 9.53 Å². The molecule has 19 heavy (non-hydrogen) atoms. The Kier molecular flexibility index (Phi) is 4.74. The number of rotatable bonds is 1. The molecule has 0 aromatic carbocycles. The zero-order valence-corrected chi connectivity index (χ0v) is 11.6. The average molecular weight is 271 g/mol. The van der Waals surface area contributed by atoms with E-state index >= 15 is 0 Å². The standard InChI is InChI=1S/C12H21N3O4/c1-12(2,3)19-11(18)14-8-6-4-5-7-15(9(8)16)10(13)17/h8H,4-7H2,1-3H3,(H2,13,17)(H,14,18)/t8-/m1/s1. The van der Waals surface area contributed by atoms with E-state index in [1.165, 1.54) is 0 Å². The fourth-order valence-electron chi connectivity index (χ4n) is 1.84. The Morgan fingerprint density at radius 2 is 2.00 bits per heavy atom. The molecule has 0 spiro atoms. The van der Waals surface area contributed by atoms with Crippen molar-refractivity contribution >= 4 is 18.0 Å². The first-order valence-electron chi connectivity index (χ1n) is 6.31. The maximum atomic E-state index is 12.0.